The van der Waals surface area contributed by atoms with Crippen molar-refractivity contribution >= 4 is 29.0 Å². The van der Waals surface area contributed by atoms with E-state index in [9.17, 15) is 4.79 Å². The van der Waals surface area contributed by atoms with Crippen LogP contribution < -0.4 is 5.32 Å². The van der Waals surface area contributed by atoms with E-state index in [1.54, 1.807) is 11.3 Å². The van der Waals surface area contributed by atoms with E-state index in [2.05, 4.69) is 26.1 Å². The number of hydrogen-bond donors (Lipinski definition) is 1. The van der Waals surface area contributed by atoms with Gasteiger partial charge in [0.1, 0.15) is 0 Å². The first-order valence-corrected chi connectivity index (χ1v) is 7.27. The molecule has 0 saturated heterocycles. The summed E-state index contributed by atoms with van der Waals surface area (Å²) >= 11 is 3.50. The quantitative estimate of drug-likeness (QED) is 0.822. The van der Waals surface area contributed by atoms with Crippen LogP contribution in [0, 0.1) is 0 Å². The summed E-state index contributed by atoms with van der Waals surface area (Å²) in [4.78, 5) is 12.6. The van der Waals surface area contributed by atoms with E-state index in [1.165, 1.54) is 0 Å². The van der Waals surface area contributed by atoms with Gasteiger partial charge in [-0.3, -0.25) is 4.79 Å². The molecule has 4 heteroatoms. The first-order chi connectivity index (χ1) is 7.47. The molecule has 0 radical (unpaired) electrons. The Balaban J connectivity index is 2.12. The van der Waals surface area contributed by atoms with Crippen molar-refractivity contribution in [3.63, 3.8) is 0 Å². The summed E-state index contributed by atoms with van der Waals surface area (Å²) in [7, 11) is 0. The largest absolute Gasteiger partial charge is 0.355 e. The molecule has 1 heterocycles. The molecule has 0 aliphatic rings. The number of hydrogen-bond acceptors (Lipinski definition) is 3. The average Bonchev–Trinajstić information content (AvgIpc) is 2.63. The molecule has 0 aliphatic heterocycles. The standard InChI is InChI=1S/C12H19NOS2/c1-12(2,3)16-8-6-13-11(14)9-10-5-4-7-15-10/h4-5,7H,6,8-9H2,1-3H3,(H,13,14). The fourth-order valence-corrected chi connectivity index (χ4v) is 2.70. The molecule has 2 nitrogen and oxygen atoms in total. The lowest BCUT2D eigenvalue weighted by atomic mass is 10.3. The lowest BCUT2D eigenvalue weighted by Crippen LogP contribution is -2.28. The fourth-order valence-electron chi connectivity index (χ4n) is 1.18. The normalized spacial score (nSPS) is 11.4. The van der Waals surface area contributed by atoms with Crippen molar-refractivity contribution in [2.45, 2.75) is 31.9 Å². The minimum atomic E-state index is 0.122. The van der Waals surface area contributed by atoms with E-state index < -0.39 is 0 Å². The highest BCUT2D eigenvalue weighted by Crippen LogP contribution is 2.21. The highest BCUT2D eigenvalue weighted by Gasteiger charge is 2.10. The van der Waals surface area contributed by atoms with Gasteiger partial charge in [0.2, 0.25) is 5.91 Å². The summed E-state index contributed by atoms with van der Waals surface area (Å²) < 4.78 is 0.276. The van der Waals surface area contributed by atoms with Gasteiger partial charge >= 0.3 is 0 Å². The van der Waals surface area contributed by atoms with E-state index in [1.807, 2.05) is 29.3 Å². The van der Waals surface area contributed by atoms with Gasteiger partial charge in [-0.1, -0.05) is 26.8 Å². The number of carbonyl (C=O) groups excluding carboxylic acids is 1. The van der Waals surface area contributed by atoms with Gasteiger partial charge in [0.15, 0.2) is 0 Å². The molecular formula is C12H19NOS2. The van der Waals surface area contributed by atoms with Crippen molar-refractivity contribution in [1.29, 1.82) is 0 Å². The summed E-state index contributed by atoms with van der Waals surface area (Å²) in [5, 5.41) is 4.94. The zero-order valence-corrected chi connectivity index (χ0v) is 11.7. The Morgan fingerprint density at radius 3 is 2.81 bits per heavy atom. The van der Waals surface area contributed by atoms with E-state index in [-0.39, 0.29) is 10.7 Å². The highest BCUT2D eigenvalue weighted by atomic mass is 32.2. The van der Waals surface area contributed by atoms with Crippen LogP contribution in [0.15, 0.2) is 17.5 Å². The lowest BCUT2D eigenvalue weighted by molar-refractivity contribution is -0.120. The maximum absolute atomic E-state index is 11.5. The molecule has 0 atom stereocenters. The van der Waals surface area contributed by atoms with Crippen LogP contribution in [0.3, 0.4) is 0 Å². The van der Waals surface area contributed by atoms with Gasteiger partial charge in [0.25, 0.3) is 0 Å². The smallest absolute Gasteiger partial charge is 0.225 e. The van der Waals surface area contributed by atoms with E-state index >= 15 is 0 Å². The maximum Gasteiger partial charge on any atom is 0.225 e. The third kappa shape index (κ3) is 6.18. The molecule has 0 unspecified atom stereocenters. The number of carbonyl (C=O) groups is 1. The van der Waals surface area contributed by atoms with Crippen molar-refractivity contribution in [3.8, 4) is 0 Å². The van der Waals surface area contributed by atoms with Crippen LogP contribution in [-0.4, -0.2) is 23.0 Å². The number of rotatable bonds is 5. The predicted octanol–water partition coefficient (Wildman–Crippen LogP) is 2.94. The minimum absolute atomic E-state index is 0.122. The van der Waals surface area contributed by atoms with Crippen molar-refractivity contribution in [2.24, 2.45) is 0 Å². The third-order valence-corrected chi connectivity index (χ3v) is 4.02. The molecule has 1 aromatic rings. The maximum atomic E-state index is 11.5. The summed E-state index contributed by atoms with van der Waals surface area (Å²) in [5.74, 6) is 1.09. The summed E-state index contributed by atoms with van der Waals surface area (Å²) in [6.07, 6.45) is 0.512. The van der Waals surface area contributed by atoms with Crippen LogP contribution in [0.1, 0.15) is 25.6 Å². The Labute approximate surface area is 106 Å². The summed E-state index contributed by atoms with van der Waals surface area (Å²) in [6, 6.07) is 3.97. The molecule has 0 saturated carbocycles. The second-order valence-electron chi connectivity index (χ2n) is 4.57. The molecule has 0 spiro atoms. The Morgan fingerprint density at radius 1 is 1.50 bits per heavy atom. The molecule has 1 rings (SSSR count). The molecule has 16 heavy (non-hydrogen) atoms. The summed E-state index contributed by atoms with van der Waals surface area (Å²) in [6.45, 7) is 7.31. The molecule has 1 N–H and O–H groups in total. The molecule has 1 aromatic heterocycles. The average molecular weight is 257 g/mol. The number of nitrogens with one attached hydrogen (secondary N) is 1. The zero-order chi connectivity index (χ0) is 12.0. The van der Waals surface area contributed by atoms with Gasteiger partial charge in [0.05, 0.1) is 6.42 Å². The first kappa shape index (κ1) is 13.6. The lowest BCUT2D eigenvalue weighted by Gasteiger charge is -2.17. The SMILES string of the molecule is CC(C)(C)SCCNC(=O)Cc1cccs1. The third-order valence-electron chi connectivity index (χ3n) is 1.87. The Kier molecular flexibility index (Phi) is 5.35. The van der Waals surface area contributed by atoms with Crippen molar-refractivity contribution < 1.29 is 4.79 Å². The van der Waals surface area contributed by atoms with Crippen LogP contribution in [0.2, 0.25) is 0 Å². The second-order valence-corrected chi connectivity index (χ2v) is 7.52. The Hall–Kier alpha value is -0.480. The Bertz CT molecular complexity index is 314. The molecular weight excluding hydrogens is 238 g/mol. The fraction of sp³-hybridized carbons (Fsp3) is 0.583. The van der Waals surface area contributed by atoms with Gasteiger partial charge in [-0.15, -0.1) is 11.3 Å². The molecule has 0 aromatic carbocycles. The van der Waals surface area contributed by atoms with E-state index in [4.69, 9.17) is 0 Å². The van der Waals surface area contributed by atoms with Crippen molar-refractivity contribution in [3.05, 3.63) is 22.4 Å². The van der Waals surface area contributed by atoms with Gasteiger partial charge in [-0.25, -0.2) is 0 Å². The number of thiophene rings is 1. The zero-order valence-electron chi connectivity index (χ0n) is 10.1. The van der Waals surface area contributed by atoms with Crippen LogP contribution in [-0.2, 0) is 11.2 Å². The van der Waals surface area contributed by atoms with E-state index in [0.717, 1.165) is 17.2 Å². The van der Waals surface area contributed by atoms with Gasteiger partial charge < -0.3 is 5.32 Å². The van der Waals surface area contributed by atoms with Crippen LogP contribution in [0.4, 0.5) is 0 Å². The topological polar surface area (TPSA) is 29.1 Å². The predicted molar refractivity (Wildman–Crippen MR) is 73.2 cm³/mol. The number of thioether (sulfide) groups is 1. The van der Waals surface area contributed by atoms with Crippen molar-refractivity contribution in [1.82, 2.24) is 5.32 Å². The highest BCUT2D eigenvalue weighted by molar-refractivity contribution is 8.00. The van der Waals surface area contributed by atoms with E-state index in [0.29, 0.717) is 6.42 Å². The number of amides is 1. The second kappa shape index (κ2) is 6.30. The monoisotopic (exact) mass is 257 g/mol. The molecule has 1 amide bonds. The van der Waals surface area contributed by atoms with Crippen LogP contribution in [0.5, 0.6) is 0 Å². The molecule has 0 bridgehead atoms. The molecule has 0 fully saturated rings. The molecule has 0 aliphatic carbocycles. The molecule has 90 valence electrons. The summed E-state index contributed by atoms with van der Waals surface area (Å²) in [5.41, 5.74) is 0. The van der Waals surface area contributed by atoms with Gasteiger partial charge in [-0.2, -0.15) is 11.8 Å². The van der Waals surface area contributed by atoms with Crippen LogP contribution in [0.25, 0.3) is 0 Å². The Morgan fingerprint density at radius 2 is 2.25 bits per heavy atom. The first-order valence-electron chi connectivity index (χ1n) is 5.40. The minimum Gasteiger partial charge on any atom is -0.355 e. The van der Waals surface area contributed by atoms with Crippen molar-refractivity contribution in [2.75, 3.05) is 12.3 Å². The van der Waals surface area contributed by atoms with Gasteiger partial charge in [-0.05, 0) is 11.4 Å². The van der Waals surface area contributed by atoms with Crippen LogP contribution >= 0.6 is 23.1 Å². The van der Waals surface area contributed by atoms with Gasteiger partial charge in [0, 0.05) is 21.9 Å².